The highest BCUT2D eigenvalue weighted by atomic mass is 32.1. The lowest BCUT2D eigenvalue weighted by Crippen LogP contribution is -2.17. The lowest BCUT2D eigenvalue weighted by molar-refractivity contribution is -0.112. The molecule has 0 saturated heterocycles. The highest BCUT2D eigenvalue weighted by Crippen LogP contribution is 2.10. The minimum absolute atomic E-state index is 0.0427. The number of benzene rings is 1. The Balaban J connectivity index is 2.83. The Morgan fingerprint density at radius 2 is 2.00 bits per heavy atom. The molecule has 0 aliphatic carbocycles. The van der Waals surface area contributed by atoms with Crippen molar-refractivity contribution in [2.45, 2.75) is 6.92 Å². The van der Waals surface area contributed by atoms with Crippen molar-refractivity contribution in [3.63, 3.8) is 0 Å². The Bertz CT molecular complexity index is 473. The fourth-order valence-electron chi connectivity index (χ4n) is 1.04. The molecular formula is C11H10N2OS2. The summed E-state index contributed by atoms with van der Waals surface area (Å²) in [7, 11) is 0. The van der Waals surface area contributed by atoms with Gasteiger partial charge in [-0.15, -0.1) is 12.6 Å². The maximum Gasteiger partial charge on any atom is 0.267 e. The molecule has 0 bridgehead atoms. The first-order valence-corrected chi connectivity index (χ1v) is 5.31. The van der Waals surface area contributed by atoms with Crippen LogP contribution in [0.15, 0.2) is 29.8 Å². The third-order valence-electron chi connectivity index (χ3n) is 1.88. The number of hydrogen-bond donors (Lipinski definition) is 3. The minimum Gasteiger partial charge on any atom is -0.321 e. The molecule has 16 heavy (non-hydrogen) atoms. The molecule has 0 radical (unpaired) electrons. The number of rotatable bonds is 3. The highest BCUT2D eigenvalue weighted by Gasteiger charge is 2.12. The van der Waals surface area contributed by atoms with Gasteiger partial charge < -0.3 is 5.32 Å². The maximum absolute atomic E-state index is 11.6. The number of anilines is 1. The van der Waals surface area contributed by atoms with E-state index in [0.717, 1.165) is 5.56 Å². The van der Waals surface area contributed by atoms with Gasteiger partial charge in [0.1, 0.15) is 5.57 Å². The van der Waals surface area contributed by atoms with Gasteiger partial charge in [-0.1, -0.05) is 29.9 Å². The molecule has 2 N–H and O–H groups in total. The van der Waals surface area contributed by atoms with Crippen molar-refractivity contribution in [1.82, 2.24) is 0 Å². The highest BCUT2D eigenvalue weighted by molar-refractivity contribution is 8.12. The van der Waals surface area contributed by atoms with Gasteiger partial charge in [0.2, 0.25) is 0 Å². The summed E-state index contributed by atoms with van der Waals surface area (Å²) in [5.74, 6) is 1.50. The summed E-state index contributed by atoms with van der Waals surface area (Å²) in [5, 5.41) is 9.54. The van der Waals surface area contributed by atoms with Crippen LogP contribution in [-0.4, -0.2) is 16.0 Å². The standard InChI is InChI=1S/C11H10N2OS2/c1-7-2-4-8(5-3-7)13-10(14)9(6-12)11(15)16/h2-5,12H,1H3,(H,13,14)(H,15,16). The number of thiocarbonyl (C=S) groups is 1. The summed E-state index contributed by atoms with van der Waals surface area (Å²) in [6, 6.07) is 7.30. The molecule has 0 aromatic heterocycles. The van der Waals surface area contributed by atoms with E-state index in [4.69, 9.17) is 17.6 Å². The van der Waals surface area contributed by atoms with Crippen molar-refractivity contribution in [3.05, 3.63) is 35.4 Å². The molecule has 82 valence electrons. The van der Waals surface area contributed by atoms with Crippen LogP contribution in [0.1, 0.15) is 5.56 Å². The van der Waals surface area contributed by atoms with Crippen molar-refractivity contribution in [1.29, 1.82) is 5.41 Å². The normalized spacial score (nSPS) is 9.12. The van der Waals surface area contributed by atoms with Gasteiger partial charge in [0.15, 0.2) is 0 Å². The number of hydrogen-bond acceptors (Lipinski definition) is 3. The molecule has 1 rings (SSSR count). The van der Waals surface area contributed by atoms with E-state index in [1.54, 1.807) is 12.1 Å². The molecule has 0 fully saturated rings. The zero-order chi connectivity index (χ0) is 12.1. The van der Waals surface area contributed by atoms with Gasteiger partial charge in [-0.2, -0.15) is 0 Å². The summed E-state index contributed by atoms with van der Waals surface area (Å²) in [5.41, 5.74) is 1.71. The molecule has 1 amide bonds. The zero-order valence-corrected chi connectivity index (χ0v) is 10.3. The first-order chi connectivity index (χ1) is 7.54. The van der Waals surface area contributed by atoms with E-state index in [2.05, 4.69) is 17.9 Å². The predicted molar refractivity (Wildman–Crippen MR) is 72.6 cm³/mol. The van der Waals surface area contributed by atoms with Crippen LogP contribution < -0.4 is 5.32 Å². The molecular weight excluding hydrogens is 240 g/mol. The Morgan fingerprint density at radius 3 is 2.44 bits per heavy atom. The number of nitrogens with one attached hydrogen (secondary N) is 2. The van der Waals surface area contributed by atoms with Crippen LogP contribution >= 0.6 is 24.8 Å². The maximum atomic E-state index is 11.6. The van der Waals surface area contributed by atoms with Crippen LogP contribution in [0, 0.1) is 12.3 Å². The van der Waals surface area contributed by atoms with Crippen molar-refractivity contribution in [2.75, 3.05) is 5.32 Å². The van der Waals surface area contributed by atoms with Gasteiger partial charge in [0, 0.05) is 5.69 Å². The van der Waals surface area contributed by atoms with E-state index in [-0.39, 0.29) is 9.77 Å². The molecule has 0 unspecified atom stereocenters. The molecule has 1 aromatic rings. The average molecular weight is 250 g/mol. The van der Waals surface area contributed by atoms with E-state index in [9.17, 15) is 4.79 Å². The van der Waals surface area contributed by atoms with E-state index in [1.165, 1.54) is 0 Å². The molecule has 0 heterocycles. The monoisotopic (exact) mass is 250 g/mol. The predicted octanol–water partition coefficient (Wildman–Crippen LogP) is 2.37. The average Bonchev–Trinajstić information content (AvgIpc) is 2.22. The first kappa shape index (κ1) is 12.6. The van der Waals surface area contributed by atoms with Crippen LogP contribution in [0.2, 0.25) is 0 Å². The number of carbonyl (C=O) groups is 1. The van der Waals surface area contributed by atoms with Crippen LogP contribution in [0.25, 0.3) is 0 Å². The topological polar surface area (TPSA) is 53.0 Å². The fraction of sp³-hybridized carbons (Fsp3) is 0.0909. The van der Waals surface area contributed by atoms with Crippen LogP contribution in [0.3, 0.4) is 0 Å². The Labute approximate surface area is 104 Å². The zero-order valence-electron chi connectivity index (χ0n) is 8.57. The second-order valence-electron chi connectivity index (χ2n) is 3.13. The summed E-state index contributed by atoms with van der Waals surface area (Å²) in [6.45, 7) is 1.96. The Morgan fingerprint density at radius 1 is 1.44 bits per heavy atom. The molecule has 0 aliphatic rings. The Hall–Kier alpha value is -1.42. The summed E-state index contributed by atoms with van der Waals surface area (Å²) < 4.78 is 0.0552. The first-order valence-electron chi connectivity index (χ1n) is 4.45. The lowest BCUT2D eigenvalue weighted by atomic mass is 10.2. The van der Waals surface area contributed by atoms with Crippen LogP contribution in [0.4, 0.5) is 5.69 Å². The second-order valence-corrected chi connectivity index (χ2v) is 4.28. The summed E-state index contributed by atoms with van der Waals surface area (Å²) >= 11 is 8.56. The lowest BCUT2D eigenvalue weighted by Gasteiger charge is -2.05. The van der Waals surface area contributed by atoms with E-state index >= 15 is 0 Å². The number of carbonyl (C=O) groups excluding carboxylic acids is 1. The van der Waals surface area contributed by atoms with Gasteiger partial charge in [-0.25, -0.2) is 0 Å². The second kappa shape index (κ2) is 5.61. The molecule has 1 aromatic carbocycles. The van der Waals surface area contributed by atoms with Gasteiger partial charge >= 0.3 is 0 Å². The quantitative estimate of drug-likeness (QED) is 0.334. The fourth-order valence-corrected chi connectivity index (χ4v) is 1.34. The molecule has 0 saturated carbocycles. The molecule has 3 nitrogen and oxygen atoms in total. The summed E-state index contributed by atoms with van der Waals surface area (Å²) in [4.78, 5) is 11.6. The van der Waals surface area contributed by atoms with Crippen molar-refractivity contribution in [3.8, 4) is 0 Å². The smallest absolute Gasteiger partial charge is 0.267 e. The molecule has 0 atom stereocenters. The van der Waals surface area contributed by atoms with E-state index in [1.807, 2.05) is 24.9 Å². The molecule has 0 spiro atoms. The molecule has 5 heteroatoms. The van der Waals surface area contributed by atoms with Gasteiger partial charge in [0.05, 0.1) is 4.20 Å². The Kier molecular flexibility index (Phi) is 4.43. The number of amides is 1. The summed E-state index contributed by atoms with van der Waals surface area (Å²) in [6.07, 6.45) is 0. The minimum atomic E-state index is -0.473. The van der Waals surface area contributed by atoms with Gasteiger partial charge in [-0.05, 0) is 24.9 Å². The van der Waals surface area contributed by atoms with Crippen LogP contribution in [-0.2, 0) is 4.79 Å². The van der Waals surface area contributed by atoms with Crippen molar-refractivity contribution in [2.24, 2.45) is 0 Å². The van der Waals surface area contributed by atoms with Gasteiger partial charge in [0.25, 0.3) is 5.91 Å². The van der Waals surface area contributed by atoms with Crippen molar-refractivity contribution >= 4 is 46.5 Å². The SMILES string of the molecule is Cc1ccc(NC(=O)C(=C=N)C(=S)S)cc1. The largest absolute Gasteiger partial charge is 0.321 e. The third-order valence-corrected chi connectivity index (χ3v) is 2.30. The van der Waals surface area contributed by atoms with Crippen molar-refractivity contribution < 1.29 is 4.79 Å². The van der Waals surface area contributed by atoms with E-state index in [0.29, 0.717) is 5.69 Å². The molecule has 0 aliphatic heterocycles. The van der Waals surface area contributed by atoms with E-state index < -0.39 is 5.91 Å². The number of aryl methyl sites for hydroxylation is 1. The van der Waals surface area contributed by atoms with Crippen LogP contribution in [0.5, 0.6) is 0 Å². The van der Waals surface area contributed by atoms with Gasteiger partial charge in [-0.3, -0.25) is 10.2 Å². The third kappa shape index (κ3) is 3.31. The number of thiol groups is 1.